The van der Waals surface area contributed by atoms with Crippen molar-refractivity contribution in [2.75, 3.05) is 34.2 Å². The van der Waals surface area contributed by atoms with E-state index in [2.05, 4.69) is 106 Å². The molecule has 0 spiro atoms. The lowest BCUT2D eigenvalue weighted by atomic mass is 9.88. The SMILES string of the molecule is C#C[C@@H](Oc1c(Cl)cc([C@H](CCOC(=O)C(C)(C)C)N(C(=O)OC(C)(C)C)C(=O)OC(C)(C)C)cc1OCOC)[C@@]1(O[Si](C)(C)C)C[C@H](O[Si](C)(C)C(C)(C)C)C=C1C#C[C@@](C=O)(O[Si](CC)(CC)CC)[C@H](CO[Si](C)(C)C(C)(C)C)OCc1ccc(OC)cc1. The summed E-state index contributed by atoms with van der Waals surface area (Å²) in [6, 6.07) is 11.4. The number of benzene rings is 2. The topological polar surface area (TPSA) is 182 Å². The summed E-state index contributed by atoms with van der Waals surface area (Å²) in [6.45, 7) is 48.6. The quantitative estimate of drug-likeness (QED) is 0.0187. The molecule has 0 fully saturated rings. The van der Waals surface area contributed by atoms with Crippen molar-refractivity contribution in [3.05, 3.63) is 64.2 Å². The van der Waals surface area contributed by atoms with Crippen molar-refractivity contribution in [3.8, 4) is 41.4 Å². The van der Waals surface area contributed by atoms with Gasteiger partial charge in [-0.1, -0.05) is 104 Å². The Morgan fingerprint density at radius 3 is 1.80 bits per heavy atom. The van der Waals surface area contributed by atoms with Gasteiger partial charge in [0, 0.05) is 25.5 Å². The van der Waals surface area contributed by atoms with E-state index in [-0.39, 0.29) is 71.6 Å². The van der Waals surface area contributed by atoms with Crippen LogP contribution >= 0.6 is 11.6 Å². The Labute approximate surface area is 556 Å². The minimum atomic E-state index is -2.79. The van der Waals surface area contributed by atoms with Crippen LogP contribution in [0.25, 0.3) is 0 Å². The summed E-state index contributed by atoms with van der Waals surface area (Å²) in [4.78, 5) is 57.7. The molecule has 0 saturated heterocycles. The van der Waals surface area contributed by atoms with Crippen molar-refractivity contribution < 1.29 is 74.8 Å². The molecule has 0 aromatic heterocycles. The van der Waals surface area contributed by atoms with E-state index in [1.54, 1.807) is 75.5 Å². The average Bonchev–Trinajstić information content (AvgIpc) is 1.68. The van der Waals surface area contributed by atoms with Gasteiger partial charge in [-0.15, -0.1) is 6.42 Å². The third-order valence-corrected chi connectivity index (χ3v) is 31.6. The summed E-state index contributed by atoms with van der Waals surface area (Å²) in [5, 5.41) is -0.495. The lowest BCUT2D eigenvalue weighted by molar-refractivity contribution is -0.153. The summed E-state index contributed by atoms with van der Waals surface area (Å²) >= 11 is 7.50. The number of ether oxygens (including phenoxy) is 8. The van der Waals surface area contributed by atoms with E-state index in [0.29, 0.717) is 29.5 Å². The van der Waals surface area contributed by atoms with Gasteiger partial charge in [-0.25, -0.2) is 14.5 Å². The van der Waals surface area contributed by atoms with E-state index in [0.717, 1.165) is 16.7 Å². The van der Waals surface area contributed by atoms with Gasteiger partial charge in [0.25, 0.3) is 0 Å². The number of carbonyl (C=O) groups is 4. The van der Waals surface area contributed by atoms with Crippen LogP contribution in [0.2, 0.25) is 79.1 Å². The Bertz CT molecular complexity index is 2870. The van der Waals surface area contributed by atoms with Crippen LogP contribution in [0.4, 0.5) is 9.59 Å². The second-order valence-electron chi connectivity index (χ2n) is 30.6. The molecule has 17 nitrogen and oxygen atoms in total. The molecule has 0 radical (unpaired) electrons. The Hall–Kier alpha value is -4.50. The summed E-state index contributed by atoms with van der Waals surface area (Å²) < 4.78 is 78.1. The molecule has 0 N–H and O–H groups in total. The van der Waals surface area contributed by atoms with E-state index < -0.39 is 104 Å². The van der Waals surface area contributed by atoms with Gasteiger partial charge in [0.2, 0.25) is 5.60 Å². The zero-order chi connectivity index (χ0) is 69.8. The van der Waals surface area contributed by atoms with E-state index in [4.69, 9.17) is 73.6 Å². The third-order valence-electron chi connectivity index (χ3n) is 16.7. The fraction of sp³-hybridized carbons (Fsp3) is 0.681. The van der Waals surface area contributed by atoms with Gasteiger partial charge in [0.15, 0.2) is 64.0 Å². The van der Waals surface area contributed by atoms with Crippen molar-refractivity contribution in [1.29, 1.82) is 0 Å². The second kappa shape index (κ2) is 31.8. The first-order valence-corrected chi connectivity index (χ1v) is 43.9. The van der Waals surface area contributed by atoms with Crippen molar-refractivity contribution in [1.82, 2.24) is 4.90 Å². The monoisotopic (exact) mass is 1360 g/mol. The highest BCUT2D eigenvalue weighted by Gasteiger charge is 2.55. The van der Waals surface area contributed by atoms with Gasteiger partial charge in [-0.2, -0.15) is 0 Å². The molecule has 1 aliphatic carbocycles. The van der Waals surface area contributed by atoms with E-state index >= 15 is 0 Å². The van der Waals surface area contributed by atoms with Crippen LogP contribution < -0.4 is 14.2 Å². The zero-order valence-electron chi connectivity index (χ0n) is 60.2. The highest BCUT2D eigenvalue weighted by Crippen LogP contribution is 2.49. The molecule has 0 aliphatic heterocycles. The predicted octanol–water partition coefficient (Wildman–Crippen LogP) is 16.8. The smallest absolute Gasteiger partial charge is 0.420 e. The van der Waals surface area contributed by atoms with Crippen LogP contribution in [0.5, 0.6) is 17.2 Å². The Morgan fingerprint density at radius 1 is 0.802 bits per heavy atom. The number of rotatable bonds is 29. The van der Waals surface area contributed by atoms with Gasteiger partial charge < -0.3 is 55.6 Å². The molecular formula is C69H112ClNO16Si4. The molecule has 3 rings (SSSR count). The molecule has 2 aromatic carbocycles. The van der Waals surface area contributed by atoms with Crippen LogP contribution in [0, 0.1) is 29.6 Å². The summed E-state index contributed by atoms with van der Waals surface area (Å²) in [7, 11) is -7.62. The first-order valence-electron chi connectivity index (χ1n) is 31.8. The number of hydrogen-bond donors (Lipinski definition) is 0. The molecule has 512 valence electrons. The van der Waals surface area contributed by atoms with Crippen LogP contribution in [0.1, 0.15) is 155 Å². The lowest BCUT2D eigenvalue weighted by Gasteiger charge is -2.43. The number of amides is 2. The standard InChI is InChI=1S/C69H112ClNO16Si4/c1-29-57(82-59-54(70)41-50(42-56(59)80-48-76-20)55(38-40-78-60(73)63(5,6)7)71(61(74)83-64(8,9)10)62(75)84-65(11,12)13)69(87-88(22,23)24)44-53(85-90(27,28)67(17,18)19)43-51(69)37-39-68(47-72,86-91(30-2,31-3)32-4)58(46-81-89(25,26)66(14,15)16)79-45-49-33-35-52(77-21)36-34-49/h1,33-36,41-43,47,53,55,57-58H,30-32,38,40,44-46,48H2,2-28H3/t53-,55+,57-,58+,68+,69-/m1/s1. The maximum atomic E-state index is 14.7. The normalized spacial score (nSPS) is 17.8. The number of esters is 1. The second-order valence-corrected chi connectivity index (χ2v) is 49.7. The number of hydrogen-bond acceptors (Lipinski definition) is 16. The molecule has 0 saturated carbocycles. The predicted molar refractivity (Wildman–Crippen MR) is 371 cm³/mol. The average molecular weight is 1360 g/mol. The highest BCUT2D eigenvalue weighted by molar-refractivity contribution is 6.75. The van der Waals surface area contributed by atoms with Gasteiger partial charge >= 0.3 is 18.2 Å². The number of nitrogens with zero attached hydrogens (tertiary/aromatic N) is 1. The first kappa shape index (κ1) is 80.7. The molecule has 0 heterocycles. The van der Waals surface area contributed by atoms with Crippen molar-refractivity contribution >= 4 is 69.3 Å². The fourth-order valence-electron chi connectivity index (χ4n) is 9.41. The number of methoxy groups -OCH3 is 2. The highest BCUT2D eigenvalue weighted by atomic mass is 35.5. The fourth-order valence-corrected chi connectivity index (χ4v) is 16.2. The largest absolute Gasteiger partial charge is 0.497 e. The molecule has 2 aromatic rings. The van der Waals surface area contributed by atoms with Crippen molar-refractivity contribution in [3.63, 3.8) is 0 Å². The van der Waals surface area contributed by atoms with Gasteiger partial charge in [0.05, 0.1) is 49.5 Å². The van der Waals surface area contributed by atoms with Gasteiger partial charge in [-0.3, -0.25) is 9.59 Å². The molecule has 0 unspecified atom stereocenters. The lowest BCUT2D eigenvalue weighted by Crippen LogP contribution is -2.58. The van der Waals surface area contributed by atoms with Crippen LogP contribution in [0.3, 0.4) is 0 Å². The van der Waals surface area contributed by atoms with Crippen LogP contribution in [-0.2, 0) is 57.6 Å². The summed E-state index contributed by atoms with van der Waals surface area (Å²) in [5.41, 5.74) is -5.05. The third kappa shape index (κ3) is 22.6. The van der Waals surface area contributed by atoms with Crippen LogP contribution in [-0.4, -0.2) is 138 Å². The molecule has 1 aliphatic rings. The number of terminal acetylenes is 1. The van der Waals surface area contributed by atoms with E-state index in [1.165, 1.54) is 13.2 Å². The maximum absolute atomic E-state index is 14.7. The minimum absolute atomic E-state index is 0.00611. The Morgan fingerprint density at radius 2 is 1.35 bits per heavy atom. The first-order chi connectivity index (χ1) is 41.6. The Balaban J connectivity index is 2.62. The molecular weight excluding hydrogens is 1250 g/mol. The molecule has 91 heavy (non-hydrogen) atoms. The van der Waals surface area contributed by atoms with E-state index in [9.17, 15) is 19.2 Å². The van der Waals surface area contributed by atoms with Crippen LogP contribution in [0.15, 0.2) is 48.0 Å². The maximum Gasteiger partial charge on any atom is 0.420 e. The Kier molecular flexibility index (Phi) is 28.2. The molecule has 2 amide bonds. The van der Waals surface area contributed by atoms with Crippen molar-refractivity contribution in [2.24, 2.45) is 5.41 Å². The summed E-state index contributed by atoms with van der Waals surface area (Å²) in [5.74, 6) is 10.1. The zero-order valence-corrected chi connectivity index (χ0v) is 65.0. The molecule has 22 heteroatoms. The molecule has 0 bridgehead atoms. The van der Waals surface area contributed by atoms with Crippen molar-refractivity contribution in [2.45, 2.75) is 265 Å². The van der Waals surface area contributed by atoms with Gasteiger partial charge in [0.1, 0.15) is 28.7 Å². The van der Waals surface area contributed by atoms with E-state index in [1.807, 2.05) is 50.0 Å². The number of imide groups is 1. The van der Waals surface area contributed by atoms with Gasteiger partial charge in [-0.05, 0) is 178 Å². The number of halogens is 1. The molecule has 6 atom stereocenters. The minimum Gasteiger partial charge on any atom is -0.497 e. The number of carbonyl (C=O) groups excluding carboxylic acids is 4. The number of aldehydes is 1. The summed E-state index contributed by atoms with van der Waals surface area (Å²) in [6.07, 6.45) is 4.40.